The van der Waals surface area contributed by atoms with Crippen LogP contribution >= 0.6 is 11.6 Å². The van der Waals surface area contributed by atoms with Gasteiger partial charge in [0.25, 0.3) is 0 Å². The molecule has 0 saturated carbocycles. The minimum Gasteiger partial charge on any atom is -0.381 e. The minimum absolute atomic E-state index is 0.522. The fourth-order valence-electron chi connectivity index (χ4n) is 2.45. The first kappa shape index (κ1) is 11.5. The highest BCUT2D eigenvalue weighted by atomic mass is 35.5. The van der Waals surface area contributed by atoms with Crippen LogP contribution in [0.2, 0.25) is 5.15 Å². The lowest BCUT2D eigenvalue weighted by molar-refractivity contribution is 0.911. The summed E-state index contributed by atoms with van der Waals surface area (Å²) in [6, 6.07) is 10.6. The first-order chi connectivity index (χ1) is 8.81. The van der Waals surface area contributed by atoms with E-state index >= 15 is 0 Å². The predicted molar refractivity (Wildman–Crippen MR) is 75.0 cm³/mol. The van der Waals surface area contributed by atoms with Crippen molar-refractivity contribution in [3.8, 4) is 0 Å². The number of aromatic nitrogens is 1. The summed E-state index contributed by atoms with van der Waals surface area (Å²) in [5.74, 6) is 0. The van der Waals surface area contributed by atoms with Gasteiger partial charge in [-0.05, 0) is 48.1 Å². The van der Waals surface area contributed by atoms with Crippen LogP contribution in [0.25, 0.3) is 0 Å². The molecule has 18 heavy (non-hydrogen) atoms. The summed E-state index contributed by atoms with van der Waals surface area (Å²) in [5, 5.41) is 3.89. The Labute approximate surface area is 112 Å². The molecule has 3 rings (SSSR count). The number of hydrogen-bond acceptors (Lipinski definition) is 2. The fourth-order valence-corrected chi connectivity index (χ4v) is 2.63. The molecule has 92 valence electrons. The van der Waals surface area contributed by atoms with Crippen LogP contribution in [0.15, 0.2) is 36.5 Å². The standard InChI is InChI=1S/C15H15ClN2/c16-15-9-14(6-7-17-15)18-10-11-4-5-12-2-1-3-13(12)8-11/h4-9H,1-3,10H2,(H,17,18). The van der Waals surface area contributed by atoms with E-state index in [1.807, 2.05) is 12.1 Å². The first-order valence-electron chi connectivity index (χ1n) is 6.27. The minimum atomic E-state index is 0.522. The summed E-state index contributed by atoms with van der Waals surface area (Å²) >= 11 is 5.85. The second kappa shape index (κ2) is 4.99. The molecule has 0 amide bonds. The average molecular weight is 259 g/mol. The Kier molecular flexibility index (Phi) is 3.20. The Bertz CT molecular complexity index is 566. The van der Waals surface area contributed by atoms with Gasteiger partial charge in [-0.3, -0.25) is 0 Å². The zero-order chi connectivity index (χ0) is 12.4. The van der Waals surface area contributed by atoms with Gasteiger partial charge in [0, 0.05) is 18.4 Å². The van der Waals surface area contributed by atoms with Gasteiger partial charge in [-0.2, -0.15) is 0 Å². The summed E-state index contributed by atoms with van der Waals surface area (Å²) in [5.41, 5.74) is 5.37. The van der Waals surface area contributed by atoms with Crippen LogP contribution in [0.5, 0.6) is 0 Å². The molecule has 1 aliphatic rings. The van der Waals surface area contributed by atoms with E-state index in [0.29, 0.717) is 5.15 Å². The quantitative estimate of drug-likeness (QED) is 0.847. The van der Waals surface area contributed by atoms with E-state index in [1.54, 1.807) is 6.20 Å². The van der Waals surface area contributed by atoms with Crippen molar-refractivity contribution in [2.24, 2.45) is 0 Å². The molecule has 2 aromatic rings. The number of anilines is 1. The predicted octanol–water partition coefficient (Wildman–Crippen LogP) is 3.84. The van der Waals surface area contributed by atoms with Crippen LogP contribution in [0, 0.1) is 0 Å². The molecule has 1 aliphatic carbocycles. The molecule has 0 aliphatic heterocycles. The Balaban J connectivity index is 1.70. The molecule has 0 fully saturated rings. The fraction of sp³-hybridized carbons (Fsp3) is 0.267. The van der Waals surface area contributed by atoms with Crippen molar-refractivity contribution in [2.75, 3.05) is 5.32 Å². The SMILES string of the molecule is Clc1cc(NCc2ccc3c(c2)CCC3)ccn1. The average Bonchev–Trinajstić information content (AvgIpc) is 2.84. The summed E-state index contributed by atoms with van der Waals surface area (Å²) in [7, 11) is 0. The number of benzene rings is 1. The van der Waals surface area contributed by atoms with Crippen LogP contribution in [0.3, 0.4) is 0 Å². The van der Waals surface area contributed by atoms with Crippen LogP contribution in [0.1, 0.15) is 23.1 Å². The lowest BCUT2D eigenvalue weighted by atomic mass is 10.1. The number of aryl methyl sites for hydroxylation is 2. The normalized spacial score (nSPS) is 13.4. The Morgan fingerprint density at radius 3 is 2.89 bits per heavy atom. The molecule has 0 saturated heterocycles. The largest absolute Gasteiger partial charge is 0.381 e. The molecule has 3 heteroatoms. The van der Waals surface area contributed by atoms with Gasteiger partial charge in [-0.1, -0.05) is 29.8 Å². The van der Waals surface area contributed by atoms with Gasteiger partial charge in [0.15, 0.2) is 0 Å². The van der Waals surface area contributed by atoms with E-state index in [4.69, 9.17) is 11.6 Å². The topological polar surface area (TPSA) is 24.9 Å². The lowest BCUT2D eigenvalue weighted by Gasteiger charge is -2.08. The number of pyridine rings is 1. The molecule has 0 atom stereocenters. The number of hydrogen-bond donors (Lipinski definition) is 1. The van der Waals surface area contributed by atoms with E-state index in [1.165, 1.54) is 36.0 Å². The van der Waals surface area contributed by atoms with Gasteiger partial charge in [0.05, 0.1) is 0 Å². The smallest absolute Gasteiger partial charge is 0.131 e. The third kappa shape index (κ3) is 2.49. The van der Waals surface area contributed by atoms with Crippen molar-refractivity contribution < 1.29 is 0 Å². The van der Waals surface area contributed by atoms with Crippen molar-refractivity contribution >= 4 is 17.3 Å². The molecule has 0 spiro atoms. The Morgan fingerprint density at radius 1 is 1.11 bits per heavy atom. The molecule has 0 unspecified atom stereocenters. The first-order valence-corrected chi connectivity index (χ1v) is 6.65. The third-order valence-corrected chi connectivity index (χ3v) is 3.59. The van der Waals surface area contributed by atoms with E-state index < -0.39 is 0 Å². The summed E-state index contributed by atoms with van der Waals surface area (Å²) in [4.78, 5) is 3.97. The number of fused-ring (bicyclic) bond motifs is 1. The van der Waals surface area contributed by atoms with E-state index in [-0.39, 0.29) is 0 Å². The van der Waals surface area contributed by atoms with Crippen molar-refractivity contribution in [2.45, 2.75) is 25.8 Å². The van der Waals surface area contributed by atoms with Crippen molar-refractivity contribution in [3.05, 3.63) is 58.4 Å². The maximum absolute atomic E-state index is 5.85. The Hall–Kier alpha value is -1.54. The molecule has 0 radical (unpaired) electrons. The van der Waals surface area contributed by atoms with Crippen LogP contribution in [0.4, 0.5) is 5.69 Å². The maximum atomic E-state index is 5.85. The van der Waals surface area contributed by atoms with Crippen LogP contribution < -0.4 is 5.32 Å². The van der Waals surface area contributed by atoms with E-state index in [2.05, 4.69) is 28.5 Å². The highest BCUT2D eigenvalue weighted by Gasteiger charge is 2.10. The second-order valence-corrected chi connectivity index (χ2v) is 5.06. The highest BCUT2D eigenvalue weighted by molar-refractivity contribution is 6.29. The lowest BCUT2D eigenvalue weighted by Crippen LogP contribution is -2.00. The molecule has 1 N–H and O–H groups in total. The van der Waals surface area contributed by atoms with Gasteiger partial charge < -0.3 is 5.32 Å². The molecular weight excluding hydrogens is 244 g/mol. The molecule has 1 aromatic carbocycles. The zero-order valence-electron chi connectivity index (χ0n) is 10.1. The number of halogens is 1. The van der Waals surface area contributed by atoms with Crippen LogP contribution in [-0.4, -0.2) is 4.98 Å². The summed E-state index contributed by atoms with van der Waals surface area (Å²) in [6.45, 7) is 0.827. The van der Waals surface area contributed by atoms with Gasteiger partial charge in [-0.15, -0.1) is 0 Å². The van der Waals surface area contributed by atoms with Gasteiger partial charge in [0.2, 0.25) is 0 Å². The highest BCUT2D eigenvalue weighted by Crippen LogP contribution is 2.23. The maximum Gasteiger partial charge on any atom is 0.131 e. The van der Waals surface area contributed by atoms with Crippen molar-refractivity contribution in [1.82, 2.24) is 4.98 Å². The summed E-state index contributed by atoms with van der Waals surface area (Å²) < 4.78 is 0. The molecule has 1 aromatic heterocycles. The van der Waals surface area contributed by atoms with Crippen molar-refractivity contribution in [1.29, 1.82) is 0 Å². The number of rotatable bonds is 3. The number of nitrogens with one attached hydrogen (secondary N) is 1. The van der Waals surface area contributed by atoms with Gasteiger partial charge in [0.1, 0.15) is 5.15 Å². The second-order valence-electron chi connectivity index (χ2n) is 4.68. The number of nitrogens with zero attached hydrogens (tertiary/aromatic N) is 1. The van der Waals surface area contributed by atoms with Crippen LogP contribution in [-0.2, 0) is 19.4 Å². The molecule has 2 nitrogen and oxygen atoms in total. The summed E-state index contributed by atoms with van der Waals surface area (Å²) in [6.07, 6.45) is 5.48. The molecular formula is C15H15ClN2. The van der Waals surface area contributed by atoms with Crippen molar-refractivity contribution in [3.63, 3.8) is 0 Å². The van der Waals surface area contributed by atoms with Gasteiger partial charge in [-0.25, -0.2) is 4.98 Å². The van der Waals surface area contributed by atoms with E-state index in [0.717, 1.165) is 12.2 Å². The molecule has 0 bridgehead atoms. The van der Waals surface area contributed by atoms with Gasteiger partial charge >= 0.3 is 0 Å². The molecule has 1 heterocycles. The third-order valence-electron chi connectivity index (χ3n) is 3.39. The zero-order valence-corrected chi connectivity index (χ0v) is 10.9. The van der Waals surface area contributed by atoms with E-state index in [9.17, 15) is 0 Å². The monoisotopic (exact) mass is 258 g/mol. The Morgan fingerprint density at radius 2 is 2.00 bits per heavy atom.